The smallest absolute Gasteiger partial charge is 0.206 e. The van der Waals surface area contributed by atoms with Crippen molar-refractivity contribution in [2.45, 2.75) is 18.3 Å². The maximum absolute atomic E-state index is 5.97. The molecule has 4 rings (SSSR count). The first-order chi connectivity index (χ1) is 9.67. The van der Waals surface area contributed by atoms with Crippen LogP contribution in [0.25, 0.3) is 11.1 Å². The molecule has 0 saturated heterocycles. The lowest BCUT2D eigenvalue weighted by Crippen LogP contribution is -2.08. The first-order valence-corrected chi connectivity index (χ1v) is 7.39. The van der Waals surface area contributed by atoms with Crippen LogP contribution in [0.5, 0.6) is 0 Å². The molecule has 2 N–H and O–H groups in total. The van der Waals surface area contributed by atoms with Gasteiger partial charge in [0.05, 0.1) is 5.41 Å². The summed E-state index contributed by atoms with van der Waals surface area (Å²) in [5.41, 5.74) is 9.46. The van der Waals surface area contributed by atoms with Gasteiger partial charge in [-0.1, -0.05) is 28.1 Å². The molecule has 0 atom stereocenters. The minimum atomic E-state index is -0.0564. The molecule has 1 aliphatic rings. The number of hydrogen-bond acceptors (Lipinski definition) is 3. The predicted molar refractivity (Wildman–Crippen MR) is 82.6 cm³/mol. The van der Waals surface area contributed by atoms with Crippen LogP contribution in [0.3, 0.4) is 0 Å². The van der Waals surface area contributed by atoms with E-state index < -0.39 is 0 Å². The van der Waals surface area contributed by atoms with Gasteiger partial charge in [0.15, 0.2) is 5.58 Å². The van der Waals surface area contributed by atoms with Crippen molar-refractivity contribution in [1.82, 2.24) is 4.98 Å². The van der Waals surface area contributed by atoms with Crippen LogP contribution in [0.2, 0.25) is 0 Å². The lowest BCUT2D eigenvalue weighted by Gasteiger charge is -2.11. The molecule has 1 aromatic heterocycles. The number of anilines is 1. The SMILES string of the molecule is Nc1ccc(C2(c3nc4cc(Br)ccc4o3)CC2)cc1. The molecule has 100 valence electrons. The third-order valence-corrected chi connectivity index (χ3v) is 4.47. The van der Waals surface area contributed by atoms with Crippen molar-refractivity contribution in [2.75, 3.05) is 5.73 Å². The fourth-order valence-corrected chi connectivity index (χ4v) is 3.01. The average molecular weight is 329 g/mol. The van der Waals surface area contributed by atoms with E-state index in [4.69, 9.17) is 10.2 Å². The fraction of sp³-hybridized carbons (Fsp3) is 0.188. The summed E-state index contributed by atoms with van der Waals surface area (Å²) in [5.74, 6) is 0.815. The number of hydrogen-bond donors (Lipinski definition) is 1. The number of oxazole rings is 1. The van der Waals surface area contributed by atoms with Gasteiger partial charge in [-0.25, -0.2) is 4.98 Å². The quantitative estimate of drug-likeness (QED) is 0.715. The predicted octanol–water partition coefficient (Wildman–Crippen LogP) is 4.25. The summed E-state index contributed by atoms with van der Waals surface area (Å²) in [6.45, 7) is 0. The molecule has 1 aliphatic carbocycles. The lowest BCUT2D eigenvalue weighted by atomic mass is 9.96. The monoisotopic (exact) mass is 328 g/mol. The zero-order valence-electron chi connectivity index (χ0n) is 10.8. The Morgan fingerprint density at radius 1 is 1.10 bits per heavy atom. The molecule has 0 unspecified atom stereocenters. The normalized spacial score (nSPS) is 16.4. The highest BCUT2D eigenvalue weighted by Gasteiger charge is 2.50. The van der Waals surface area contributed by atoms with E-state index in [1.807, 2.05) is 30.3 Å². The molecule has 2 aromatic carbocycles. The Balaban J connectivity index is 1.83. The van der Waals surface area contributed by atoms with Crippen LogP contribution >= 0.6 is 15.9 Å². The zero-order valence-corrected chi connectivity index (χ0v) is 12.4. The maximum Gasteiger partial charge on any atom is 0.206 e. The number of benzene rings is 2. The number of nitrogens with two attached hydrogens (primary N) is 1. The molecule has 0 spiro atoms. The Bertz CT molecular complexity index is 788. The summed E-state index contributed by atoms with van der Waals surface area (Å²) in [4.78, 5) is 4.68. The van der Waals surface area contributed by atoms with E-state index in [1.54, 1.807) is 0 Å². The molecule has 3 nitrogen and oxygen atoms in total. The topological polar surface area (TPSA) is 52.0 Å². The molecule has 1 heterocycles. The maximum atomic E-state index is 5.97. The summed E-state index contributed by atoms with van der Waals surface area (Å²) < 4.78 is 6.99. The molecule has 1 saturated carbocycles. The van der Waals surface area contributed by atoms with Gasteiger partial charge in [-0.15, -0.1) is 0 Å². The molecular weight excluding hydrogens is 316 g/mol. The van der Waals surface area contributed by atoms with Crippen molar-refractivity contribution in [2.24, 2.45) is 0 Å². The first kappa shape index (κ1) is 12.0. The molecule has 1 fully saturated rings. The highest BCUT2D eigenvalue weighted by molar-refractivity contribution is 9.10. The van der Waals surface area contributed by atoms with Crippen molar-refractivity contribution >= 4 is 32.7 Å². The molecule has 0 amide bonds. The number of fused-ring (bicyclic) bond motifs is 1. The van der Waals surface area contributed by atoms with Crippen LogP contribution in [0.15, 0.2) is 51.4 Å². The van der Waals surface area contributed by atoms with Crippen LogP contribution in [0.1, 0.15) is 24.3 Å². The van der Waals surface area contributed by atoms with Gasteiger partial charge in [0.1, 0.15) is 5.52 Å². The molecule has 0 radical (unpaired) electrons. The van der Waals surface area contributed by atoms with Crippen molar-refractivity contribution in [1.29, 1.82) is 0 Å². The van der Waals surface area contributed by atoms with E-state index in [2.05, 4.69) is 33.0 Å². The summed E-state index contributed by atoms with van der Waals surface area (Å²) in [6, 6.07) is 13.9. The third kappa shape index (κ3) is 1.75. The van der Waals surface area contributed by atoms with Gasteiger partial charge < -0.3 is 10.2 Å². The van der Waals surface area contributed by atoms with Gasteiger partial charge in [-0.05, 0) is 48.7 Å². The van der Waals surface area contributed by atoms with Gasteiger partial charge in [0.2, 0.25) is 5.89 Å². The number of aromatic nitrogens is 1. The van der Waals surface area contributed by atoms with E-state index in [-0.39, 0.29) is 5.41 Å². The standard InChI is InChI=1S/C16H13BrN2O/c17-11-3-6-14-13(9-11)19-15(20-14)16(7-8-16)10-1-4-12(18)5-2-10/h1-6,9H,7-8,18H2. The summed E-state index contributed by atoms with van der Waals surface area (Å²) in [6.07, 6.45) is 2.15. The van der Waals surface area contributed by atoms with Gasteiger partial charge in [0, 0.05) is 10.2 Å². The van der Waals surface area contributed by atoms with Crippen LogP contribution < -0.4 is 5.73 Å². The highest BCUT2D eigenvalue weighted by Crippen LogP contribution is 2.53. The number of nitrogen functional groups attached to an aromatic ring is 1. The summed E-state index contributed by atoms with van der Waals surface area (Å²) >= 11 is 3.47. The van der Waals surface area contributed by atoms with Crippen LogP contribution in [0.4, 0.5) is 5.69 Å². The second-order valence-electron chi connectivity index (χ2n) is 5.34. The van der Waals surface area contributed by atoms with Crippen LogP contribution in [-0.2, 0) is 5.41 Å². The second kappa shape index (κ2) is 4.09. The minimum Gasteiger partial charge on any atom is -0.440 e. The van der Waals surface area contributed by atoms with Crippen molar-refractivity contribution in [3.05, 3.63) is 58.4 Å². The largest absolute Gasteiger partial charge is 0.440 e. The number of nitrogens with zero attached hydrogens (tertiary/aromatic N) is 1. The molecular formula is C16H13BrN2O. The second-order valence-corrected chi connectivity index (χ2v) is 6.25. The lowest BCUT2D eigenvalue weighted by molar-refractivity contribution is 0.492. The van der Waals surface area contributed by atoms with Crippen LogP contribution in [0, 0.1) is 0 Å². The van der Waals surface area contributed by atoms with E-state index in [9.17, 15) is 0 Å². The molecule has 20 heavy (non-hydrogen) atoms. The first-order valence-electron chi connectivity index (χ1n) is 6.60. The van der Waals surface area contributed by atoms with Gasteiger partial charge in [-0.3, -0.25) is 0 Å². The average Bonchev–Trinajstić information content (AvgIpc) is 3.14. The zero-order chi connectivity index (χ0) is 13.7. The molecule has 0 bridgehead atoms. The molecule has 0 aliphatic heterocycles. The van der Waals surface area contributed by atoms with Gasteiger partial charge >= 0.3 is 0 Å². The Morgan fingerprint density at radius 3 is 2.55 bits per heavy atom. The number of rotatable bonds is 2. The van der Waals surface area contributed by atoms with E-state index in [0.717, 1.165) is 40.0 Å². The van der Waals surface area contributed by atoms with Gasteiger partial charge in [0.25, 0.3) is 0 Å². The Hall–Kier alpha value is -1.81. The Kier molecular flexibility index (Phi) is 2.45. The molecule has 3 aromatic rings. The fourth-order valence-electron chi connectivity index (χ4n) is 2.66. The Morgan fingerprint density at radius 2 is 1.85 bits per heavy atom. The van der Waals surface area contributed by atoms with E-state index in [1.165, 1.54) is 5.56 Å². The van der Waals surface area contributed by atoms with E-state index in [0.29, 0.717) is 0 Å². The van der Waals surface area contributed by atoms with Crippen molar-refractivity contribution < 1.29 is 4.42 Å². The third-order valence-electron chi connectivity index (χ3n) is 3.97. The number of halogens is 1. The van der Waals surface area contributed by atoms with Crippen molar-refractivity contribution in [3.63, 3.8) is 0 Å². The summed E-state index contributed by atoms with van der Waals surface area (Å²) in [5, 5.41) is 0. The summed E-state index contributed by atoms with van der Waals surface area (Å²) in [7, 11) is 0. The van der Waals surface area contributed by atoms with Crippen LogP contribution in [-0.4, -0.2) is 4.98 Å². The van der Waals surface area contributed by atoms with Gasteiger partial charge in [-0.2, -0.15) is 0 Å². The van der Waals surface area contributed by atoms with E-state index >= 15 is 0 Å². The minimum absolute atomic E-state index is 0.0564. The Labute approximate surface area is 124 Å². The molecule has 4 heteroatoms. The highest BCUT2D eigenvalue weighted by atomic mass is 79.9. The van der Waals surface area contributed by atoms with Crippen molar-refractivity contribution in [3.8, 4) is 0 Å².